The summed E-state index contributed by atoms with van der Waals surface area (Å²) in [6.45, 7) is 9.17. The van der Waals surface area contributed by atoms with E-state index in [1.165, 1.54) is 18.5 Å². The van der Waals surface area contributed by atoms with Gasteiger partial charge in [0.05, 0.1) is 12.6 Å². The van der Waals surface area contributed by atoms with Gasteiger partial charge in [-0.15, -0.1) is 0 Å². The Labute approximate surface area is 162 Å². The van der Waals surface area contributed by atoms with E-state index in [0.717, 1.165) is 30.3 Å². The summed E-state index contributed by atoms with van der Waals surface area (Å²) in [7, 11) is 0. The fourth-order valence-electron chi connectivity index (χ4n) is 3.47. The first-order chi connectivity index (χ1) is 13.1. The van der Waals surface area contributed by atoms with Crippen molar-refractivity contribution in [2.45, 2.75) is 39.7 Å². The van der Waals surface area contributed by atoms with Crippen LogP contribution in [0.25, 0.3) is 0 Å². The molecule has 1 unspecified atom stereocenters. The van der Waals surface area contributed by atoms with E-state index in [1.54, 1.807) is 12.1 Å². The molecule has 0 saturated carbocycles. The SMILES string of the molecule is CCOc1ccc(C(=O)NC(C)c2ccc(N3CCC(C)CC3)cc2)cc1. The lowest BCUT2D eigenvalue weighted by Crippen LogP contribution is -2.32. The smallest absolute Gasteiger partial charge is 0.251 e. The van der Waals surface area contributed by atoms with Crippen molar-refractivity contribution in [2.24, 2.45) is 5.92 Å². The van der Waals surface area contributed by atoms with Gasteiger partial charge in [0, 0.05) is 24.3 Å². The molecule has 3 rings (SSSR count). The van der Waals surface area contributed by atoms with Gasteiger partial charge in [-0.25, -0.2) is 0 Å². The van der Waals surface area contributed by atoms with Gasteiger partial charge in [0.1, 0.15) is 5.75 Å². The number of nitrogens with one attached hydrogen (secondary N) is 1. The number of ether oxygens (including phenoxy) is 1. The third kappa shape index (κ3) is 5.03. The molecule has 1 amide bonds. The van der Waals surface area contributed by atoms with Crippen molar-refractivity contribution in [1.82, 2.24) is 5.32 Å². The summed E-state index contributed by atoms with van der Waals surface area (Å²) >= 11 is 0. The van der Waals surface area contributed by atoms with Crippen LogP contribution in [0.15, 0.2) is 48.5 Å². The van der Waals surface area contributed by atoms with E-state index in [0.29, 0.717) is 12.2 Å². The second-order valence-corrected chi connectivity index (χ2v) is 7.41. The predicted octanol–water partition coefficient (Wildman–Crippen LogP) is 4.81. The summed E-state index contributed by atoms with van der Waals surface area (Å²) in [6, 6.07) is 15.8. The zero-order valence-electron chi connectivity index (χ0n) is 16.6. The van der Waals surface area contributed by atoms with Crippen LogP contribution in [0.5, 0.6) is 5.75 Å². The minimum atomic E-state index is -0.0698. The monoisotopic (exact) mass is 366 g/mol. The number of nitrogens with zero attached hydrogens (tertiary/aromatic N) is 1. The van der Waals surface area contributed by atoms with Crippen LogP contribution in [0.2, 0.25) is 0 Å². The van der Waals surface area contributed by atoms with Crippen molar-refractivity contribution in [3.05, 3.63) is 59.7 Å². The number of carbonyl (C=O) groups excluding carboxylic acids is 1. The number of benzene rings is 2. The van der Waals surface area contributed by atoms with Crippen molar-refractivity contribution >= 4 is 11.6 Å². The maximum Gasteiger partial charge on any atom is 0.251 e. The van der Waals surface area contributed by atoms with Crippen LogP contribution in [0, 0.1) is 5.92 Å². The minimum absolute atomic E-state index is 0.0421. The van der Waals surface area contributed by atoms with Crippen molar-refractivity contribution in [1.29, 1.82) is 0 Å². The van der Waals surface area contributed by atoms with Crippen LogP contribution in [0.1, 0.15) is 55.6 Å². The maximum atomic E-state index is 12.5. The quantitative estimate of drug-likeness (QED) is 0.797. The topological polar surface area (TPSA) is 41.6 Å². The maximum absolute atomic E-state index is 12.5. The van der Waals surface area contributed by atoms with E-state index in [1.807, 2.05) is 26.0 Å². The van der Waals surface area contributed by atoms with Gasteiger partial charge >= 0.3 is 0 Å². The molecule has 1 aliphatic rings. The Bertz CT molecular complexity index is 732. The van der Waals surface area contributed by atoms with E-state index < -0.39 is 0 Å². The molecule has 1 aliphatic heterocycles. The highest BCUT2D eigenvalue weighted by molar-refractivity contribution is 5.94. The number of carbonyl (C=O) groups is 1. The Hall–Kier alpha value is -2.49. The molecular weight excluding hydrogens is 336 g/mol. The number of hydrogen-bond donors (Lipinski definition) is 1. The number of amides is 1. The molecule has 1 atom stereocenters. The first kappa shape index (κ1) is 19.3. The largest absolute Gasteiger partial charge is 0.494 e. The summed E-state index contributed by atoms with van der Waals surface area (Å²) < 4.78 is 5.42. The van der Waals surface area contributed by atoms with Crippen LogP contribution in [0.3, 0.4) is 0 Å². The standard InChI is InChI=1S/C23H30N2O2/c1-4-27-22-11-7-20(8-12-22)23(26)24-18(3)19-5-9-21(10-6-19)25-15-13-17(2)14-16-25/h5-12,17-18H,4,13-16H2,1-3H3,(H,24,26). The fraction of sp³-hybridized carbons (Fsp3) is 0.435. The van der Waals surface area contributed by atoms with Gasteiger partial charge in [0.2, 0.25) is 0 Å². The molecule has 1 N–H and O–H groups in total. The molecule has 144 valence electrons. The Morgan fingerprint density at radius 3 is 2.33 bits per heavy atom. The lowest BCUT2D eigenvalue weighted by atomic mass is 9.98. The predicted molar refractivity (Wildman–Crippen MR) is 111 cm³/mol. The van der Waals surface area contributed by atoms with Crippen LogP contribution >= 0.6 is 0 Å². The normalized spacial score (nSPS) is 16.0. The molecular formula is C23H30N2O2. The molecule has 1 saturated heterocycles. The molecule has 0 aliphatic carbocycles. The van der Waals surface area contributed by atoms with Crippen molar-refractivity contribution < 1.29 is 9.53 Å². The molecule has 0 aromatic heterocycles. The summed E-state index contributed by atoms with van der Waals surface area (Å²) in [5.41, 5.74) is 3.03. The Morgan fingerprint density at radius 1 is 1.11 bits per heavy atom. The van der Waals surface area contributed by atoms with Gasteiger partial charge in [-0.05, 0) is 74.6 Å². The van der Waals surface area contributed by atoms with Crippen LogP contribution in [0.4, 0.5) is 5.69 Å². The van der Waals surface area contributed by atoms with Gasteiger partial charge in [0.15, 0.2) is 0 Å². The van der Waals surface area contributed by atoms with E-state index in [-0.39, 0.29) is 11.9 Å². The lowest BCUT2D eigenvalue weighted by Gasteiger charge is -2.32. The van der Waals surface area contributed by atoms with Gasteiger partial charge in [-0.3, -0.25) is 4.79 Å². The zero-order chi connectivity index (χ0) is 19.2. The first-order valence-corrected chi connectivity index (χ1v) is 9.95. The first-order valence-electron chi connectivity index (χ1n) is 9.95. The summed E-state index contributed by atoms with van der Waals surface area (Å²) in [4.78, 5) is 14.9. The Kier molecular flexibility index (Phi) is 6.38. The molecule has 4 heteroatoms. The highest BCUT2D eigenvalue weighted by Crippen LogP contribution is 2.24. The van der Waals surface area contributed by atoms with Gasteiger partial charge in [-0.2, -0.15) is 0 Å². The number of anilines is 1. The Morgan fingerprint density at radius 2 is 1.74 bits per heavy atom. The van der Waals surface area contributed by atoms with Crippen molar-refractivity contribution in [3.8, 4) is 5.75 Å². The fourth-order valence-corrected chi connectivity index (χ4v) is 3.47. The molecule has 1 fully saturated rings. The van der Waals surface area contributed by atoms with Crippen molar-refractivity contribution in [3.63, 3.8) is 0 Å². The molecule has 0 bridgehead atoms. The molecule has 0 spiro atoms. The van der Waals surface area contributed by atoms with E-state index in [4.69, 9.17) is 4.74 Å². The second kappa shape index (κ2) is 8.94. The van der Waals surface area contributed by atoms with E-state index in [2.05, 4.69) is 41.4 Å². The van der Waals surface area contributed by atoms with E-state index in [9.17, 15) is 4.79 Å². The van der Waals surface area contributed by atoms with Gasteiger partial charge in [-0.1, -0.05) is 19.1 Å². The molecule has 2 aromatic carbocycles. The summed E-state index contributed by atoms with van der Waals surface area (Å²) in [5, 5.41) is 3.08. The highest BCUT2D eigenvalue weighted by atomic mass is 16.5. The molecule has 0 radical (unpaired) electrons. The lowest BCUT2D eigenvalue weighted by molar-refractivity contribution is 0.0940. The number of hydrogen-bond acceptors (Lipinski definition) is 3. The third-order valence-corrected chi connectivity index (χ3v) is 5.32. The van der Waals surface area contributed by atoms with Crippen molar-refractivity contribution in [2.75, 3.05) is 24.6 Å². The average molecular weight is 367 g/mol. The Balaban J connectivity index is 1.58. The number of piperidine rings is 1. The summed E-state index contributed by atoms with van der Waals surface area (Å²) in [6.07, 6.45) is 2.52. The van der Waals surface area contributed by atoms with Crippen LogP contribution < -0.4 is 15.0 Å². The van der Waals surface area contributed by atoms with Gasteiger partial charge in [0.25, 0.3) is 5.91 Å². The molecule has 4 nitrogen and oxygen atoms in total. The van der Waals surface area contributed by atoms with E-state index >= 15 is 0 Å². The zero-order valence-corrected chi connectivity index (χ0v) is 16.6. The highest BCUT2D eigenvalue weighted by Gasteiger charge is 2.17. The van der Waals surface area contributed by atoms with Gasteiger partial charge < -0.3 is 15.0 Å². The molecule has 27 heavy (non-hydrogen) atoms. The molecule has 2 aromatic rings. The van der Waals surface area contributed by atoms with Crippen LogP contribution in [-0.2, 0) is 0 Å². The van der Waals surface area contributed by atoms with Crippen LogP contribution in [-0.4, -0.2) is 25.6 Å². The third-order valence-electron chi connectivity index (χ3n) is 5.32. The number of rotatable bonds is 6. The molecule has 1 heterocycles. The second-order valence-electron chi connectivity index (χ2n) is 7.41. The average Bonchev–Trinajstić information content (AvgIpc) is 2.69. The minimum Gasteiger partial charge on any atom is -0.494 e. The summed E-state index contributed by atoms with van der Waals surface area (Å²) in [5.74, 6) is 1.54.